The molecule has 72 valence electrons. The molecular formula is C9H15N3O. The highest BCUT2D eigenvalue weighted by molar-refractivity contribution is 5.75. The van der Waals surface area contributed by atoms with Gasteiger partial charge in [0.15, 0.2) is 0 Å². The molecule has 0 saturated carbocycles. The van der Waals surface area contributed by atoms with Gasteiger partial charge in [-0.2, -0.15) is 5.10 Å². The van der Waals surface area contributed by atoms with Gasteiger partial charge in [-0.3, -0.25) is 9.48 Å². The molecule has 1 heterocycles. The first-order valence-electron chi connectivity index (χ1n) is 4.36. The van der Waals surface area contributed by atoms with Crippen molar-refractivity contribution in [1.29, 1.82) is 0 Å². The van der Waals surface area contributed by atoms with Gasteiger partial charge in [0.1, 0.15) is 6.54 Å². The number of hydrogen-bond donors (Lipinski definition) is 0. The molecule has 1 rings (SSSR count). The third-order valence-corrected chi connectivity index (χ3v) is 1.85. The molecule has 0 aliphatic carbocycles. The van der Waals surface area contributed by atoms with Crippen LogP contribution in [0.3, 0.4) is 0 Å². The molecule has 0 bridgehead atoms. The Morgan fingerprint density at radius 1 is 1.62 bits per heavy atom. The van der Waals surface area contributed by atoms with Crippen molar-refractivity contribution in [3.63, 3.8) is 0 Å². The summed E-state index contributed by atoms with van der Waals surface area (Å²) in [5.41, 5.74) is 1.02. The molecule has 0 aliphatic heterocycles. The number of hydrogen-bond acceptors (Lipinski definition) is 2. The number of amides is 1. The first-order valence-corrected chi connectivity index (χ1v) is 4.36. The average molecular weight is 181 g/mol. The van der Waals surface area contributed by atoms with Crippen molar-refractivity contribution in [2.45, 2.75) is 19.9 Å². The van der Waals surface area contributed by atoms with Gasteiger partial charge in [0.2, 0.25) is 5.91 Å². The highest BCUT2D eigenvalue weighted by Gasteiger charge is 2.05. The van der Waals surface area contributed by atoms with Crippen LogP contribution in [-0.4, -0.2) is 34.7 Å². The molecule has 1 aromatic rings. The Balaban J connectivity index is 2.59. The Morgan fingerprint density at radius 3 is 2.77 bits per heavy atom. The van der Waals surface area contributed by atoms with E-state index in [4.69, 9.17) is 0 Å². The zero-order chi connectivity index (χ0) is 9.84. The summed E-state index contributed by atoms with van der Waals surface area (Å²) in [6, 6.07) is 1.93. The van der Waals surface area contributed by atoms with Gasteiger partial charge >= 0.3 is 0 Å². The number of carbonyl (C=O) groups is 1. The lowest BCUT2D eigenvalue weighted by Gasteiger charge is -2.09. The standard InChI is InChI=1S/C9H15N3O/c1-4-8-5-6-12(10-8)7-9(13)11(2)3/h5-6H,4,7H2,1-3H3. The fourth-order valence-electron chi connectivity index (χ4n) is 0.960. The molecule has 0 unspecified atom stereocenters. The Labute approximate surface area is 78.1 Å². The van der Waals surface area contributed by atoms with E-state index in [0.717, 1.165) is 12.1 Å². The molecule has 0 saturated heterocycles. The van der Waals surface area contributed by atoms with Crippen LogP contribution in [0.15, 0.2) is 12.3 Å². The van der Waals surface area contributed by atoms with E-state index in [1.54, 1.807) is 23.7 Å². The molecule has 0 radical (unpaired) electrons. The van der Waals surface area contributed by atoms with Crippen LogP contribution in [0.25, 0.3) is 0 Å². The summed E-state index contributed by atoms with van der Waals surface area (Å²) in [5.74, 6) is 0.0609. The Bertz CT molecular complexity index is 291. The summed E-state index contributed by atoms with van der Waals surface area (Å²) < 4.78 is 1.67. The van der Waals surface area contributed by atoms with Crippen molar-refractivity contribution in [1.82, 2.24) is 14.7 Å². The van der Waals surface area contributed by atoms with E-state index in [1.807, 2.05) is 19.2 Å². The summed E-state index contributed by atoms with van der Waals surface area (Å²) in [7, 11) is 3.49. The lowest BCUT2D eigenvalue weighted by molar-refractivity contribution is -0.129. The Kier molecular flexibility index (Phi) is 3.06. The zero-order valence-corrected chi connectivity index (χ0v) is 8.32. The van der Waals surface area contributed by atoms with Crippen LogP contribution in [0.4, 0.5) is 0 Å². The molecule has 1 amide bonds. The van der Waals surface area contributed by atoms with Gasteiger partial charge in [0, 0.05) is 20.3 Å². The molecule has 13 heavy (non-hydrogen) atoms. The Hall–Kier alpha value is -1.32. The highest BCUT2D eigenvalue weighted by atomic mass is 16.2. The number of carbonyl (C=O) groups excluding carboxylic acids is 1. The lowest BCUT2D eigenvalue weighted by Crippen LogP contribution is -2.26. The maximum atomic E-state index is 11.3. The summed E-state index contributed by atoms with van der Waals surface area (Å²) in [6.07, 6.45) is 2.74. The summed E-state index contributed by atoms with van der Waals surface area (Å²) in [6.45, 7) is 2.37. The predicted molar refractivity (Wildman–Crippen MR) is 50.3 cm³/mol. The van der Waals surface area contributed by atoms with Crippen molar-refractivity contribution in [2.24, 2.45) is 0 Å². The van der Waals surface area contributed by atoms with Gasteiger partial charge in [-0.05, 0) is 12.5 Å². The SMILES string of the molecule is CCc1ccn(CC(=O)N(C)C)n1. The van der Waals surface area contributed by atoms with E-state index in [-0.39, 0.29) is 5.91 Å². The van der Waals surface area contributed by atoms with Crippen LogP contribution >= 0.6 is 0 Å². The van der Waals surface area contributed by atoms with Crippen molar-refractivity contribution in [3.05, 3.63) is 18.0 Å². The predicted octanol–water partition coefficient (Wildman–Crippen LogP) is 0.534. The smallest absolute Gasteiger partial charge is 0.243 e. The molecular weight excluding hydrogens is 166 g/mol. The molecule has 0 spiro atoms. The second-order valence-corrected chi connectivity index (χ2v) is 3.15. The van der Waals surface area contributed by atoms with Crippen molar-refractivity contribution in [3.8, 4) is 0 Å². The maximum absolute atomic E-state index is 11.3. The minimum absolute atomic E-state index is 0.0609. The third-order valence-electron chi connectivity index (χ3n) is 1.85. The zero-order valence-electron chi connectivity index (χ0n) is 8.32. The minimum Gasteiger partial charge on any atom is -0.347 e. The molecule has 0 atom stereocenters. The topological polar surface area (TPSA) is 38.1 Å². The molecule has 0 aromatic carbocycles. The first kappa shape index (κ1) is 9.77. The van der Waals surface area contributed by atoms with Crippen molar-refractivity contribution < 1.29 is 4.79 Å². The highest BCUT2D eigenvalue weighted by Crippen LogP contribution is 1.96. The van der Waals surface area contributed by atoms with E-state index < -0.39 is 0 Å². The number of likely N-dealkylation sites (N-methyl/N-ethyl adjacent to an activating group) is 1. The molecule has 1 aromatic heterocycles. The van der Waals surface area contributed by atoms with E-state index in [0.29, 0.717) is 6.54 Å². The molecule has 0 fully saturated rings. The van der Waals surface area contributed by atoms with E-state index in [1.165, 1.54) is 0 Å². The maximum Gasteiger partial charge on any atom is 0.243 e. The van der Waals surface area contributed by atoms with Crippen molar-refractivity contribution >= 4 is 5.91 Å². The van der Waals surface area contributed by atoms with Crippen LogP contribution < -0.4 is 0 Å². The third kappa shape index (κ3) is 2.57. The molecule has 4 heteroatoms. The van der Waals surface area contributed by atoms with Gasteiger partial charge in [-0.1, -0.05) is 6.92 Å². The van der Waals surface area contributed by atoms with Gasteiger partial charge in [-0.25, -0.2) is 0 Å². The van der Waals surface area contributed by atoms with E-state index in [2.05, 4.69) is 5.10 Å². The summed E-state index contributed by atoms with van der Waals surface area (Å²) >= 11 is 0. The molecule has 0 N–H and O–H groups in total. The summed E-state index contributed by atoms with van der Waals surface area (Å²) in [4.78, 5) is 12.8. The second kappa shape index (κ2) is 4.07. The van der Waals surface area contributed by atoms with Gasteiger partial charge in [0.25, 0.3) is 0 Å². The second-order valence-electron chi connectivity index (χ2n) is 3.15. The van der Waals surface area contributed by atoms with Gasteiger partial charge in [-0.15, -0.1) is 0 Å². The van der Waals surface area contributed by atoms with Crippen LogP contribution in [0.2, 0.25) is 0 Å². The fraction of sp³-hybridized carbons (Fsp3) is 0.556. The number of nitrogens with zero attached hydrogens (tertiary/aromatic N) is 3. The quantitative estimate of drug-likeness (QED) is 0.682. The number of aromatic nitrogens is 2. The van der Waals surface area contributed by atoms with Gasteiger partial charge < -0.3 is 4.90 Å². The molecule has 4 nitrogen and oxygen atoms in total. The lowest BCUT2D eigenvalue weighted by atomic mass is 10.4. The van der Waals surface area contributed by atoms with Crippen LogP contribution in [0, 0.1) is 0 Å². The van der Waals surface area contributed by atoms with Crippen LogP contribution in [0.1, 0.15) is 12.6 Å². The van der Waals surface area contributed by atoms with Crippen molar-refractivity contribution in [2.75, 3.05) is 14.1 Å². The monoisotopic (exact) mass is 181 g/mol. The fourth-order valence-corrected chi connectivity index (χ4v) is 0.960. The average Bonchev–Trinajstić information content (AvgIpc) is 2.52. The first-order chi connectivity index (χ1) is 6.13. The Morgan fingerprint density at radius 2 is 2.31 bits per heavy atom. The normalized spacial score (nSPS) is 10.1. The van der Waals surface area contributed by atoms with Gasteiger partial charge in [0.05, 0.1) is 5.69 Å². The van der Waals surface area contributed by atoms with Crippen LogP contribution in [0.5, 0.6) is 0 Å². The molecule has 0 aliphatic rings. The minimum atomic E-state index is 0.0609. The van der Waals surface area contributed by atoms with Crippen LogP contribution in [-0.2, 0) is 17.8 Å². The number of rotatable bonds is 3. The van der Waals surface area contributed by atoms with E-state index in [9.17, 15) is 4.79 Å². The summed E-state index contributed by atoms with van der Waals surface area (Å²) in [5, 5.41) is 4.22. The number of aryl methyl sites for hydroxylation is 1. The largest absolute Gasteiger partial charge is 0.347 e. The van der Waals surface area contributed by atoms with E-state index >= 15 is 0 Å².